The van der Waals surface area contributed by atoms with Crippen molar-refractivity contribution in [2.45, 2.75) is 25.2 Å². The normalized spacial score (nSPS) is 20.5. The molecular weight excluding hydrogens is 124 g/mol. The summed E-state index contributed by atoms with van der Waals surface area (Å²) >= 11 is 0. The van der Waals surface area contributed by atoms with Gasteiger partial charge in [0.2, 0.25) is 0 Å². The molecule has 2 rings (SSSR count). The highest BCUT2D eigenvalue weighted by molar-refractivity contribution is 5.14. The van der Waals surface area contributed by atoms with Crippen LogP contribution in [0.25, 0.3) is 0 Å². The van der Waals surface area contributed by atoms with E-state index in [2.05, 4.69) is 16.9 Å². The molecule has 0 unspecified atom stereocenters. The highest BCUT2D eigenvalue weighted by Crippen LogP contribution is 2.45. The Morgan fingerprint density at radius 3 is 2.40 bits per heavy atom. The molecule has 0 N–H and O–H groups in total. The monoisotopic (exact) mass is 134 g/mol. The van der Waals surface area contributed by atoms with Crippen molar-refractivity contribution in [2.75, 3.05) is 0 Å². The maximum absolute atomic E-state index is 4.20. The summed E-state index contributed by atoms with van der Waals surface area (Å²) in [4.78, 5) is 8.40. The fourth-order valence-electron chi connectivity index (χ4n) is 1.02. The summed E-state index contributed by atoms with van der Waals surface area (Å²) in [6.45, 7) is 2.21. The van der Waals surface area contributed by atoms with E-state index in [0.717, 1.165) is 5.82 Å². The molecule has 1 aliphatic carbocycles. The van der Waals surface area contributed by atoms with Crippen LogP contribution in [0, 0.1) is 0 Å². The van der Waals surface area contributed by atoms with E-state index in [0.29, 0.717) is 5.41 Å². The van der Waals surface area contributed by atoms with Gasteiger partial charge in [0.25, 0.3) is 0 Å². The Morgan fingerprint density at radius 2 is 1.90 bits per heavy atom. The van der Waals surface area contributed by atoms with Gasteiger partial charge in [0.1, 0.15) is 5.82 Å². The lowest BCUT2D eigenvalue weighted by atomic mass is 10.1. The van der Waals surface area contributed by atoms with Gasteiger partial charge in [-0.15, -0.1) is 0 Å². The number of hydrogen-bond donors (Lipinski definition) is 0. The lowest BCUT2D eigenvalue weighted by Gasteiger charge is -2.03. The zero-order valence-corrected chi connectivity index (χ0v) is 6.04. The SMILES string of the molecule is CC1(c2ncccn2)CC1. The van der Waals surface area contributed by atoms with Crippen molar-refractivity contribution in [1.82, 2.24) is 9.97 Å². The van der Waals surface area contributed by atoms with E-state index in [1.807, 2.05) is 18.5 Å². The second-order valence-corrected chi connectivity index (χ2v) is 3.13. The number of aromatic nitrogens is 2. The molecule has 0 aromatic carbocycles. The quantitative estimate of drug-likeness (QED) is 0.582. The number of hydrogen-bond acceptors (Lipinski definition) is 2. The molecule has 10 heavy (non-hydrogen) atoms. The van der Waals surface area contributed by atoms with Crippen LogP contribution in [-0.4, -0.2) is 9.97 Å². The first-order valence-electron chi connectivity index (χ1n) is 3.59. The third-order valence-corrected chi connectivity index (χ3v) is 2.11. The van der Waals surface area contributed by atoms with Crippen molar-refractivity contribution in [3.05, 3.63) is 24.3 Å². The molecule has 0 bridgehead atoms. The van der Waals surface area contributed by atoms with E-state index in [9.17, 15) is 0 Å². The van der Waals surface area contributed by atoms with Gasteiger partial charge < -0.3 is 0 Å². The summed E-state index contributed by atoms with van der Waals surface area (Å²) in [5.74, 6) is 1.01. The van der Waals surface area contributed by atoms with Crippen LogP contribution in [0.2, 0.25) is 0 Å². The van der Waals surface area contributed by atoms with E-state index in [-0.39, 0.29) is 0 Å². The standard InChI is InChI=1S/C8H10N2/c1-8(3-4-8)7-9-5-2-6-10-7/h2,5-6H,3-4H2,1H3. The van der Waals surface area contributed by atoms with Gasteiger partial charge in [-0.3, -0.25) is 0 Å². The van der Waals surface area contributed by atoms with Crippen molar-refractivity contribution < 1.29 is 0 Å². The number of rotatable bonds is 1. The van der Waals surface area contributed by atoms with Crippen LogP contribution in [0.5, 0.6) is 0 Å². The molecule has 1 aromatic rings. The molecule has 1 saturated carbocycles. The molecule has 0 saturated heterocycles. The van der Waals surface area contributed by atoms with Crippen molar-refractivity contribution in [1.29, 1.82) is 0 Å². The molecular formula is C8H10N2. The summed E-state index contributed by atoms with van der Waals surface area (Å²) < 4.78 is 0. The Bertz CT molecular complexity index is 226. The molecule has 0 aliphatic heterocycles. The first kappa shape index (κ1) is 5.83. The summed E-state index contributed by atoms with van der Waals surface area (Å²) in [6.07, 6.45) is 6.12. The van der Waals surface area contributed by atoms with Crippen LogP contribution in [0.15, 0.2) is 18.5 Å². The Kier molecular flexibility index (Phi) is 1.04. The molecule has 1 heterocycles. The van der Waals surface area contributed by atoms with Crippen LogP contribution in [0.3, 0.4) is 0 Å². The molecule has 0 spiro atoms. The predicted molar refractivity (Wildman–Crippen MR) is 38.6 cm³/mol. The third-order valence-electron chi connectivity index (χ3n) is 2.11. The largest absolute Gasteiger partial charge is 0.241 e. The topological polar surface area (TPSA) is 25.8 Å². The zero-order chi connectivity index (χ0) is 7.03. The minimum Gasteiger partial charge on any atom is -0.241 e. The zero-order valence-electron chi connectivity index (χ0n) is 6.04. The first-order chi connectivity index (χ1) is 4.81. The first-order valence-corrected chi connectivity index (χ1v) is 3.59. The fourth-order valence-corrected chi connectivity index (χ4v) is 1.02. The summed E-state index contributed by atoms with van der Waals surface area (Å²) in [6, 6.07) is 1.86. The fraction of sp³-hybridized carbons (Fsp3) is 0.500. The minimum atomic E-state index is 0.321. The van der Waals surface area contributed by atoms with Gasteiger partial charge >= 0.3 is 0 Å². The molecule has 1 aliphatic rings. The highest BCUT2D eigenvalue weighted by atomic mass is 14.9. The van der Waals surface area contributed by atoms with Gasteiger partial charge in [0.05, 0.1) is 0 Å². The molecule has 0 atom stereocenters. The molecule has 2 heteroatoms. The molecule has 52 valence electrons. The lowest BCUT2D eigenvalue weighted by Crippen LogP contribution is -2.04. The van der Waals surface area contributed by atoms with Gasteiger partial charge in [0.15, 0.2) is 0 Å². The lowest BCUT2D eigenvalue weighted by molar-refractivity contribution is 0.708. The van der Waals surface area contributed by atoms with E-state index in [1.165, 1.54) is 12.8 Å². The van der Waals surface area contributed by atoms with Crippen LogP contribution in [0.4, 0.5) is 0 Å². The maximum atomic E-state index is 4.20. The van der Waals surface area contributed by atoms with Gasteiger partial charge in [-0.05, 0) is 18.9 Å². The van der Waals surface area contributed by atoms with E-state index < -0.39 is 0 Å². The van der Waals surface area contributed by atoms with Crippen LogP contribution in [-0.2, 0) is 5.41 Å². The smallest absolute Gasteiger partial charge is 0.134 e. The van der Waals surface area contributed by atoms with Crippen molar-refractivity contribution in [2.24, 2.45) is 0 Å². The highest BCUT2D eigenvalue weighted by Gasteiger charge is 2.41. The third kappa shape index (κ3) is 0.801. The van der Waals surface area contributed by atoms with Gasteiger partial charge in [-0.1, -0.05) is 6.92 Å². The average molecular weight is 134 g/mol. The van der Waals surface area contributed by atoms with Crippen molar-refractivity contribution in [3.8, 4) is 0 Å². The summed E-state index contributed by atoms with van der Waals surface area (Å²) in [7, 11) is 0. The maximum Gasteiger partial charge on any atom is 0.134 e. The molecule has 1 fully saturated rings. The summed E-state index contributed by atoms with van der Waals surface area (Å²) in [5.41, 5.74) is 0.321. The molecule has 1 aromatic heterocycles. The van der Waals surface area contributed by atoms with Crippen LogP contribution < -0.4 is 0 Å². The van der Waals surface area contributed by atoms with Crippen LogP contribution >= 0.6 is 0 Å². The second-order valence-electron chi connectivity index (χ2n) is 3.13. The minimum absolute atomic E-state index is 0.321. The molecule has 0 radical (unpaired) electrons. The van der Waals surface area contributed by atoms with Gasteiger partial charge in [0, 0.05) is 17.8 Å². The van der Waals surface area contributed by atoms with E-state index in [1.54, 1.807) is 0 Å². The Balaban J connectivity index is 2.35. The number of nitrogens with zero attached hydrogens (tertiary/aromatic N) is 2. The summed E-state index contributed by atoms with van der Waals surface area (Å²) in [5, 5.41) is 0. The second kappa shape index (κ2) is 1.78. The van der Waals surface area contributed by atoms with Gasteiger partial charge in [-0.25, -0.2) is 9.97 Å². The van der Waals surface area contributed by atoms with E-state index in [4.69, 9.17) is 0 Å². The average Bonchev–Trinajstić information content (AvgIpc) is 2.72. The molecule has 0 amide bonds. The Morgan fingerprint density at radius 1 is 1.30 bits per heavy atom. The molecule has 2 nitrogen and oxygen atoms in total. The predicted octanol–water partition coefficient (Wildman–Crippen LogP) is 1.53. The van der Waals surface area contributed by atoms with Crippen LogP contribution in [0.1, 0.15) is 25.6 Å². The van der Waals surface area contributed by atoms with Crippen molar-refractivity contribution in [3.63, 3.8) is 0 Å². The Hall–Kier alpha value is -0.920. The van der Waals surface area contributed by atoms with E-state index >= 15 is 0 Å². The Labute approximate surface area is 60.3 Å². The van der Waals surface area contributed by atoms with Crippen molar-refractivity contribution >= 4 is 0 Å². The van der Waals surface area contributed by atoms with Gasteiger partial charge in [-0.2, -0.15) is 0 Å².